The first kappa shape index (κ1) is 15.4. The minimum Gasteiger partial charge on any atom is -0.356 e. The van der Waals surface area contributed by atoms with E-state index < -0.39 is 11.9 Å². The van der Waals surface area contributed by atoms with Crippen LogP contribution in [0.3, 0.4) is 0 Å². The van der Waals surface area contributed by atoms with E-state index in [-0.39, 0.29) is 5.56 Å². The highest BCUT2D eigenvalue weighted by molar-refractivity contribution is 6.07. The SMILES string of the molecule is FC(F)(F)c1[nH]ncc1-c1nc2ccc3oncc3c2c2c1CCCC2. The van der Waals surface area contributed by atoms with Gasteiger partial charge >= 0.3 is 6.18 Å². The maximum atomic E-state index is 13.4. The molecule has 132 valence electrons. The van der Waals surface area contributed by atoms with Crippen LogP contribution in [0.5, 0.6) is 0 Å². The van der Waals surface area contributed by atoms with Gasteiger partial charge in [-0.1, -0.05) is 5.16 Å². The molecule has 1 aliphatic carbocycles. The second-order valence-corrected chi connectivity index (χ2v) is 6.48. The van der Waals surface area contributed by atoms with Gasteiger partial charge in [-0.25, -0.2) is 4.98 Å². The molecule has 3 aromatic heterocycles. The Balaban J connectivity index is 1.88. The van der Waals surface area contributed by atoms with Gasteiger partial charge in [0.1, 0.15) is 5.69 Å². The summed E-state index contributed by atoms with van der Waals surface area (Å²) in [5.74, 6) is 0. The van der Waals surface area contributed by atoms with Gasteiger partial charge in [0.2, 0.25) is 0 Å². The fourth-order valence-corrected chi connectivity index (χ4v) is 3.88. The molecule has 1 aliphatic rings. The molecule has 0 spiro atoms. The lowest BCUT2D eigenvalue weighted by Crippen LogP contribution is -2.11. The number of pyridine rings is 1. The lowest BCUT2D eigenvalue weighted by Gasteiger charge is -2.21. The molecule has 0 amide bonds. The number of nitrogens with one attached hydrogen (secondary N) is 1. The molecule has 8 heteroatoms. The van der Waals surface area contributed by atoms with Crippen LogP contribution in [-0.2, 0) is 19.0 Å². The van der Waals surface area contributed by atoms with Crippen molar-refractivity contribution in [2.75, 3.05) is 0 Å². The van der Waals surface area contributed by atoms with Crippen molar-refractivity contribution in [1.29, 1.82) is 0 Å². The van der Waals surface area contributed by atoms with Crippen molar-refractivity contribution in [3.05, 3.63) is 41.3 Å². The summed E-state index contributed by atoms with van der Waals surface area (Å²) in [6.07, 6.45) is 1.75. The molecule has 0 atom stereocenters. The predicted octanol–water partition coefficient (Wildman–Crippen LogP) is 4.66. The molecule has 0 unspecified atom stereocenters. The van der Waals surface area contributed by atoms with E-state index in [1.807, 2.05) is 0 Å². The number of fused-ring (bicyclic) bond motifs is 5. The van der Waals surface area contributed by atoms with Crippen molar-refractivity contribution < 1.29 is 17.7 Å². The largest absolute Gasteiger partial charge is 0.433 e. The third kappa shape index (κ3) is 2.14. The number of halogens is 3. The number of hydrogen-bond acceptors (Lipinski definition) is 4. The molecule has 5 rings (SSSR count). The van der Waals surface area contributed by atoms with Gasteiger partial charge in [-0.05, 0) is 48.9 Å². The van der Waals surface area contributed by atoms with E-state index in [9.17, 15) is 13.2 Å². The molecule has 0 fully saturated rings. The van der Waals surface area contributed by atoms with Crippen LogP contribution in [0.15, 0.2) is 29.0 Å². The molecule has 0 bridgehead atoms. The fraction of sp³-hybridized carbons (Fsp3) is 0.278. The average Bonchev–Trinajstić information content (AvgIpc) is 3.29. The molecule has 26 heavy (non-hydrogen) atoms. The van der Waals surface area contributed by atoms with Gasteiger partial charge in [-0.15, -0.1) is 0 Å². The summed E-state index contributed by atoms with van der Waals surface area (Å²) in [7, 11) is 0. The van der Waals surface area contributed by atoms with Crippen LogP contribution in [-0.4, -0.2) is 20.3 Å². The number of rotatable bonds is 1. The monoisotopic (exact) mass is 358 g/mol. The number of aromatic nitrogens is 4. The standard InChI is InChI=1S/C18H13F3N4O/c19-18(20,21)17-12(7-22-25-17)16-10-4-2-1-3-9(10)15-11-8-23-26-14(11)6-5-13(15)24-16/h5-8H,1-4H2,(H,22,25). The Morgan fingerprint density at radius 1 is 1.04 bits per heavy atom. The van der Waals surface area contributed by atoms with E-state index >= 15 is 0 Å². The highest BCUT2D eigenvalue weighted by Gasteiger charge is 2.37. The lowest BCUT2D eigenvalue weighted by molar-refractivity contribution is -0.140. The summed E-state index contributed by atoms with van der Waals surface area (Å²) in [6, 6.07) is 3.52. The van der Waals surface area contributed by atoms with Gasteiger partial charge in [0.15, 0.2) is 5.58 Å². The number of aromatic amines is 1. The molecular formula is C18H13F3N4O. The van der Waals surface area contributed by atoms with Crippen LogP contribution < -0.4 is 0 Å². The molecule has 0 radical (unpaired) electrons. The Labute approximate surface area is 145 Å². The predicted molar refractivity (Wildman–Crippen MR) is 88.5 cm³/mol. The van der Waals surface area contributed by atoms with E-state index in [2.05, 4.69) is 20.3 Å². The van der Waals surface area contributed by atoms with E-state index in [0.29, 0.717) is 23.2 Å². The van der Waals surface area contributed by atoms with Crippen LogP contribution in [0.2, 0.25) is 0 Å². The number of nitrogens with zero attached hydrogens (tertiary/aromatic N) is 3. The van der Waals surface area contributed by atoms with Crippen molar-refractivity contribution in [2.24, 2.45) is 0 Å². The average molecular weight is 358 g/mol. The van der Waals surface area contributed by atoms with Crippen molar-refractivity contribution in [1.82, 2.24) is 20.3 Å². The summed E-state index contributed by atoms with van der Waals surface area (Å²) in [5.41, 5.74) is 2.71. The zero-order valence-electron chi connectivity index (χ0n) is 13.5. The number of alkyl halides is 3. The maximum Gasteiger partial charge on any atom is 0.433 e. The quantitative estimate of drug-likeness (QED) is 0.537. The topological polar surface area (TPSA) is 67.6 Å². The third-order valence-electron chi connectivity index (χ3n) is 4.98. The van der Waals surface area contributed by atoms with Crippen LogP contribution in [0.4, 0.5) is 13.2 Å². The summed E-state index contributed by atoms with van der Waals surface area (Å²) in [5, 5.41) is 11.3. The first-order valence-corrected chi connectivity index (χ1v) is 8.34. The Bertz CT molecular complexity index is 1140. The van der Waals surface area contributed by atoms with Gasteiger partial charge in [0, 0.05) is 5.39 Å². The number of H-pyrrole nitrogens is 1. The van der Waals surface area contributed by atoms with Crippen LogP contribution in [0.1, 0.15) is 29.7 Å². The van der Waals surface area contributed by atoms with Crippen molar-refractivity contribution in [3.63, 3.8) is 0 Å². The number of hydrogen-bond donors (Lipinski definition) is 1. The molecule has 5 nitrogen and oxygen atoms in total. The molecule has 0 saturated heterocycles. The zero-order chi connectivity index (χ0) is 17.9. The summed E-state index contributed by atoms with van der Waals surface area (Å²) in [6.45, 7) is 0. The molecule has 4 aromatic rings. The van der Waals surface area contributed by atoms with Gasteiger partial charge in [-0.3, -0.25) is 5.10 Å². The Kier molecular flexibility index (Phi) is 3.13. The third-order valence-corrected chi connectivity index (χ3v) is 4.98. The normalized spacial score (nSPS) is 14.9. The zero-order valence-corrected chi connectivity index (χ0v) is 13.5. The second-order valence-electron chi connectivity index (χ2n) is 6.48. The Morgan fingerprint density at radius 3 is 2.65 bits per heavy atom. The van der Waals surface area contributed by atoms with Crippen LogP contribution >= 0.6 is 0 Å². The molecule has 0 aliphatic heterocycles. The molecule has 1 aromatic carbocycles. The molecular weight excluding hydrogens is 345 g/mol. The fourth-order valence-electron chi connectivity index (χ4n) is 3.88. The minimum atomic E-state index is -4.51. The van der Waals surface area contributed by atoms with Gasteiger partial charge in [0.25, 0.3) is 0 Å². The summed E-state index contributed by atoms with van der Waals surface area (Å²) >= 11 is 0. The van der Waals surface area contributed by atoms with E-state index in [0.717, 1.165) is 41.2 Å². The van der Waals surface area contributed by atoms with Crippen LogP contribution in [0, 0.1) is 0 Å². The molecule has 0 saturated carbocycles. The summed E-state index contributed by atoms with van der Waals surface area (Å²) in [4.78, 5) is 4.61. The van der Waals surface area contributed by atoms with Gasteiger partial charge in [-0.2, -0.15) is 18.3 Å². The minimum absolute atomic E-state index is 0.00275. The van der Waals surface area contributed by atoms with Gasteiger partial charge in [0.05, 0.1) is 34.6 Å². The van der Waals surface area contributed by atoms with E-state index in [1.54, 1.807) is 18.3 Å². The first-order chi connectivity index (χ1) is 12.5. The van der Waals surface area contributed by atoms with Gasteiger partial charge < -0.3 is 4.52 Å². The Morgan fingerprint density at radius 2 is 1.85 bits per heavy atom. The molecule has 3 heterocycles. The van der Waals surface area contributed by atoms with Crippen molar-refractivity contribution in [3.8, 4) is 11.3 Å². The second kappa shape index (κ2) is 5.30. The Hall–Kier alpha value is -2.90. The first-order valence-electron chi connectivity index (χ1n) is 8.34. The molecule has 1 N–H and O–H groups in total. The van der Waals surface area contributed by atoms with Crippen LogP contribution in [0.25, 0.3) is 33.1 Å². The highest BCUT2D eigenvalue weighted by atomic mass is 19.4. The number of aryl methyl sites for hydroxylation is 1. The highest BCUT2D eigenvalue weighted by Crippen LogP contribution is 2.41. The smallest absolute Gasteiger partial charge is 0.356 e. The van der Waals surface area contributed by atoms with E-state index in [1.165, 1.54) is 6.20 Å². The number of benzene rings is 1. The van der Waals surface area contributed by atoms with E-state index in [4.69, 9.17) is 4.52 Å². The van der Waals surface area contributed by atoms with Crippen molar-refractivity contribution in [2.45, 2.75) is 31.9 Å². The maximum absolute atomic E-state index is 13.4. The lowest BCUT2D eigenvalue weighted by atomic mass is 9.85. The van der Waals surface area contributed by atoms with Crippen molar-refractivity contribution >= 4 is 21.9 Å². The summed E-state index contributed by atoms with van der Waals surface area (Å²) < 4.78 is 45.3.